The minimum atomic E-state index is -0.468. The predicted molar refractivity (Wildman–Crippen MR) is 76.4 cm³/mol. The number of benzene rings is 1. The zero-order chi connectivity index (χ0) is 14.8. The van der Waals surface area contributed by atoms with Crippen LogP contribution in [0.25, 0.3) is 0 Å². The molecule has 0 bridgehead atoms. The zero-order valence-corrected chi connectivity index (χ0v) is 11.7. The third-order valence-electron chi connectivity index (χ3n) is 3.62. The van der Waals surface area contributed by atoms with Gasteiger partial charge in [0.25, 0.3) is 0 Å². The van der Waals surface area contributed by atoms with Crippen LogP contribution in [0.1, 0.15) is 29.9 Å². The Morgan fingerprint density at radius 3 is 2.76 bits per heavy atom. The fraction of sp³-hybridized carbons (Fsp3) is 0.312. The lowest BCUT2D eigenvalue weighted by Gasteiger charge is -2.11. The van der Waals surface area contributed by atoms with Crippen molar-refractivity contribution in [2.45, 2.75) is 25.3 Å². The number of methoxy groups -OCH3 is 1. The monoisotopic (exact) mass is 290 g/mol. The normalized spacial score (nSPS) is 14.0. The van der Waals surface area contributed by atoms with Gasteiger partial charge in [-0.05, 0) is 42.0 Å². The second-order valence-electron chi connectivity index (χ2n) is 5.18. The number of pyridine rings is 1. The van der Waals surface area contributed by atoms with Gasteiger partial charge in [-0.15, -0.1) is 0 Å². The van der Waals surface area contributed by atoms with Gasteiger partial charge < -0.3 is 10.1 Å². The molecule has 1 heterocycles. The fourth-order valence-electron chi connectivity index (χ4n) is 2.34. The Kier molecular flexibility index (Phi) is 3.73. The molecule has 1 aliphatic rings. The van der Waals surface area contributed by atoms with Crippen LogP contribution in [0.3, 0.4) is 0 Å². The summed E-state index contributed by atoms with van der Waals surface area (Å²) in [6.45, 7) is 0.419. The molecule has 1 N–H and O–H groups in total. The maximum absolute atomic E-state index is 13.8. The lowest BCUT2D eigenvalue weighted by atomic mass is 10.0. The van der Waals surface area contributed by atoms with Crippen molar-refractivity contribution in [2.24, 2.45) is 0 Å². The van der Waals surface area contributed by atoms with Crippen molar-refractivity contribution < 1.29 is 13.5 Å². The molecule has 5 heteroatoms. The van der Waals surface area contributed by atoms with Gasteiger partial charge in [-0.1, -0.05) is 6.07 Å². The van der Waals surface area contributed by atoms with Gasteiger partial charge in [-0.3, -0.25) is 0 Å². The Balaban J connectivity index is 1.76. The zero-order valence-electron chi connectivity index (χ0n) is 11.7. The predicted octanol–water partition coefficient (Wildman–Crippen LogP) is 3.86. The quantitative estimate of drug-likeness (QED) is 0.908. The minimum absolute atomic E-state index is 0.168. The molecular weight excluding hydrogens is 274 g/mol. The molecule has 0 spiro atoms. The van der Waals surface area contributed by atoms with E-state index in [-0.39, 0.29) is 11.6 Å². The maximum atomic E-state index is 13.8. The van der Waals surface area contributed by atoms with E-state index in [0.717, 1.165) is 24.0 Å². The van der Waals surface area contributed by atoms with E-state index in [1.54, 1.807) is 12.1 Å². The van der Waals surface area contributed by atoms with Crippen molar-refractivity contribution in [2.75, 3.05) is 12.4 Å². The van der Waals surface area contributed by atoms with Crippen molar-refractivity contribution in [3.63, 3.8) is 0 Å². The van der Waals surface area contributed by atoms with Crippen LogP contribution in [0.2, 0.25) is 0 Å². The van der Waals surface area contributed by atoms with Crippen LogP contribution in [0.4, 0.5) is 14.6 Å². The largest absolute Gasteiger partial charge is 0.495 e. The molecule has 2 aromatic rings. The number of hydrogen-bond donors (Lipinski definition) is 1. The second-order valence-corrected chi connectivity index (χ2v) is 5.18. The molecule has 0 aliphatic heterocycles. The number of ether oxygens (including phenoxy) is 1. The molecule has 3 nitrogen and oxygen atoms in total. The van der Waals surface area contributed by atoms with E-state index in [1.165, 1.54) is 25.4 Å². The van der Waals surface area contributed by atoms with Crippen molar-refractivity contribution in [1.29, 1.82) is 0 Å². The van der Waals surface area contributed by atoms with E-state index < -0.39 is 5.82 Å². The number of anilines is 1. The van der Waals surface area contributed by atoms with Crippen molar-refractivity contribution in [3.05, 3.63) is 53.2 Å². The summed E-state index contributed by atoms with van der Waals surface area (Å²) < 4.78 is 32.1. The van der Waals surface area contributed by atoms with Crippen molar-refractivity contribution >= 4 is 5.82 Å². The number of halogens is 2. The van der Waals surface area contributed by atoms with Gasteiger partial charge in [0.1, 0.15) is 11.6 Å². The first kappa shape index (κ1) is 13.8. The van der Waals surface area contributed by atoms with Gasteiger partial charge >= 0.3 is 0 Å². The molecule has 0 radical (unpaired) electrons. The van der Waals surface area contributed by atoms with Crippen LogP contribution >= 0.6 is 0 Å². The molecule has 21 heavy (non-hydrogen) atoms. The molecule has 110 valence electrons. The number of rotatable bonds is 5. The summed E-state index contributed by atoms with van der Waals surface area (Å²) in [7, 11) is 1.46. The Hall–Kier alpha value is -2.17. The van der Waals surface area contributed by atoms with Crippen molar-refractivity contribution in [3.8, 4) is 5.75 Å². The van der Waals surface area contributed by atoms with Crippen LogP contribution in [0, 0.1) is 11.6 Å². The standard InChI is InChI=1S/C16H16F2N2O/c1-21-13-7-15(18)16(20-9-13)19-8-11-4-5-12(17)6-14(11)10-2-3-10/h4-7,9-10H,2-3,8H2,1H3,(H,19,20). The van der Waals surface area contributed by atoms with Gasteiger partial charge in [-0.2, -0.15) is 0 Å². The number of nitrogens with one attached hydrogen (secondary N) is 1. The van der Waals surface area contributed by atoms with E-state index in [4.69, 9.17) is 4.74 Å². The van der Waals surface area contributed by atoms with E-state index in [0.29, 0.717) is 18.2 Å². The maximum Gasteiger partial charge on any atom is 0.169 e. The summed E-state index contributed by atoms with van der Waals surface area (Å²) in [4.78, 5) is 3.99. The Morgan fingerprint density at radius 2 is 2.10 bits per heavy atom. The molecule has 1 aliphatic carbocycles. The highest BCUT2D eigenvalue weighted by Crippen LogP contribution is 2.42. The highest BCUT2D eigenvalue weighted by molar-refractivity contribution is 5.42. The van der Waals surface area contributed by atoms with Crippen LogP contribution in [0.15, 0.2) is 30.5 Å². The van der Waals surface area contributed by atoms with E-state index >= 15 is 0 Å². The minimum Gasteiger partial charge on any atom is -0.495 e. The first-order valence-electron chi connectivity index (χ1n) is 6.89. The highest BCUT2D eigenvalue weighted by atomic mass is 19.1. The molecule has 1 saturated carbocycles. The highest BCUT2D eigenvalue weighted by Gasteiger charge is 2.26. The molecule has 1 aromatic heterocycles. The van der Waals surface area contributed by atoms with Crippen LogP contribution in [-0.2, 0) is 6.54 Å². The van der Waals surface area contributed by atoms with E-state index in [1.807, 2.05) is 0 Å². The Labute approximate surface area is 122 Å². The van der Waals surface area contributed by atoms with Crippen molar-refractivity contribution in [1.82, 2.24) is 4.98 Å². The summed E-state index contributed by atoms with van der Waals surface area (Å²) in [5.74, 6) is 0.283. The summed E-state index contributed by atoms with van der Waals surface area (Å²) in [5.41, 5.74) is 1.99. The smallest absolute Gasteiger partial charge is 0.169 e. The number of hydrogen-bond acceptors (Lipinski definition) is 3. The topological polar surface area (TPSA) is 34.1 Å². The van der Waals surface area contributed by atoms with Gasteiger partial charge in [0, 0.05) is 12.6 Å². The third-order valence-corrected chi connectivity index (χ3v) is 3.62. The lowest BCUT2D eigenvalue weighted by molar-refractivity contribution is 0.409. The van der Waals surface area contributed by atoms with Gasteiger partial charge in [0.05, 0.1) is 13.3 Å². The Bertz CT molecular complexity index is 657. The third kappa shape index (κ3) is 3.12. The first-order chi connectivity index (χ1) is 10.2. The Morgan fingerprint density at radius 1 is 1.29 bits per heavy atom. The van der Waals surface area contributed by atoms with Crippen LogP contribution < -0.4 is 10.1 Å². The van der Waals surface area contributed by atoms with Crippen LogP contribution in [0.5, 0.6) is 5.75 Å². The second kappa shape index (κ2) is 5.68. The molecule has 0 amide bonds. The first-order valence-corrected chi connectivity index (χ1v) is 6.89. The molecule has 1 fully saturated rings. The van der Waals surface area contributed by atoms with Gasteiger partial charge in [0.15, 0.2) is 11.6 Å². The van der Waals surface area contributed by atoms with Gasteiger partial charge in [0.2, 0.25) is 0 Å². The summed E-state index contributed by atoms with van der Waals surface area (Å²) in [6.07, 6.45) is 3.63. The van der Waals surface area contributed by atoms with Gasteiger partial charge in [-0.25, -0.2) is 13.8 Å². The van der Waals surface area contributed by atoms with E-state index in [2.05, 4.69) is 10.3 Å². The average molecular weight is 290 g/mol. The van der Waals surface area contributed by atoms with Crippen LogP contribution in [-0.4, -0.2) is 12.1 Å². The molecule has 0 atom stereocenters. The summed E-state index contributed by atoms with van der Waals surface area (Å²) in [5, 5.41) is 2.96. The summed E-state index contributed by atoms with van der Waals surface area (Å²) in [6, 6.07) is 6.03. The number of nitrogens with zero attached hydrogens (tertiary/aromatic N) is 1. The van der Waals surface area contributed by atoms with E-state index in [9.17, 15) is 8.78 Å². The molecular formula is C16H16F2N2O. The molecule has 0 unspecified atom stereocenters. The lowest BCUT2D eigenvalue weighted by Crippen LogP contribution is -2.06. The fourth-order valence-corrected chi connectivity index (χ4v) is 2.34. The number of aromatic nitrogens is 1. The summed E-state index contributed by atoms with van der Waals surface area (Å²) >= 11 is 0. The molecule has 0 saturated heterocycles. The molecule has 3 rings (SSSR count). The molecule has 1 aromatic carbocycles. The SMILES string of the molecule is COc1cnc(NCc2ccc(F)cc2C2CC2)c(F)c1. The average Bonchev–Trinajstić information content (AvgIpc) is 3.31.